The minimum absolute atomic E-state index is 0. The Morgan fingerprint density at radius 2 is 2.11 bits per heavy atom. The summed E-state index contributed by atoms with van der Waals surface area (Å²) in [6.07, 6.45) is -0.979. The van der Waals surface area contributed by atoms with Gasteiger partial charge in [-0.2, -0.15) is 0 Å². The molecule has 4 nitrogen and oxygen atoms in total. The van der Waals surface area contributed by atoms with Crippen molar-refractivity contribution in [2.45, 2.75) is 19.1 Å². The molecule has 0 aliphatic carbocycles. The third kappa shape index (κ3) is 4.65. The minimum atomic E-state index is -1.18. The van der Waals surface area contributed by atoms with Crippen molar-refractivity contribution in [2.24, 2.45) is 5.73 Å². The molecule has 0 heterocycles. The topological polar surface area (TPSA) is 83.5 Å². The van der Waals surface area contributed by atoms with E-state index in [-0.39, 0.29) is 25.9 Å². The predicted molar refractivity (Wildman–Crippen MR) is 35.3 cm³/mol. The van der Waals surface area contributed by atoms with E-state index in [1.165, 1.54) is 6.92 Å². The predicted octanol–water partition coefficient (Wildman–Crippen LogP) is -1.38. The Kier molecular flexibility index (Phi) is 6.58. The summed E-state index contributed by atoms with van der Waals surface area (Å²) in [5, 5.41) is 16.6. The summed E-state index contributed by atoms with van der Waals surface area (Å²) >= 11 is 0. The number of hydrogen-bond donors (Lipinski definition) is 3. The van der Waals surface area contributed by atoms with Gasteiger partial charge in [-0.05, 0) is 6.92 Å². The summed E-state index contributed by atoms with van der Waals surface area (Å²) in [4.78, 5) is 9.86. The Balaban J connectivity index is -0.0000000817. The van der Waals surface area contributed by atoms with E-state index in [1.807, 2.05) is 0 Å². The van der Waals surface area contributed by atoms with Crippen molar-refractivity contribution in [1.82, 2.24) is 0 Å². The molecule has 0 aromatic carbocycles. The molecule has 0 rings (SSSR count). The maximum Gasteiger partial charge on any atom is 2.00 e. The first-order valence-corrected chi connectivity index (χ1v) is 2.22. The van der Waals surface area contributed by atoms with Gasteiger partial charge in [-0.25, -0.2) is 0 Å². The van der Waals surface area contributed by atoms with Gasteiger partial charge in [-0.3, -0.25) is 4.79 Å². The molecule has 0 fully saturated rings. The van der Waals surface area contributed by atoms with Crippen molar-refractivity contribution >= 4 is 29.0 Å². The Hall–Kier alpha value is 0.156. The average Bonchev–Trinajstić information content (AvgIpc) is 1.64. The normalized spacial score (nSPS) is 15.4. The van der Waals surface area contributed by atoms with E-state index >= 15 is 0 Å². The van der Waals surface area contributed by atoms with Crippen LogP contribution in [0.2, 0.25) is 0 Å². The number of aliphatic hydroxyl groups is 1. The Morgan fingerprint density at radius 3 is 2.11 bits per heavy atom. The van der Waals surface area contributed by atoms with Crippen molar-refractivity contribution in [1.29, 1.82) is 0 Å². The standard InChI is InChI=1S/C4H9NO3.Mg.2H/c1-2(6)3(5)4(7)8;;;/h2-3,6H,5H2,1H3,(H,7,8);;;/q;+2;2*-1. The van der Waals surface area contributed by atoms with Crippen LogP contribution in [0.25, 0.3) is 0 Å². The SMILES string of the molecule is CC(O)C(N)C(=O)O.[H-].[H-].[Mg+2]. The molecule has 0 radical (unpaired) electrons. The first-order valence-electron chi connectivity index (χ1n) is 2.22. The van der Waals surface area contributed by atoms with Gasteiger partial charge < -0.3 is 18.8 Å². The summed E-state index contributed by atoms with van der Waals surface area (Å²) in [7, 11) is 0. The summed E-state index contributed by atoms with van der Waals surface area (Å²) in [5.74, 6) is -1.18. The first kappa shape index (κ1) is 11.9. The van der Waals surface area contributed by atoms with Crippen LogP contribution in [0.1, 0.15) is 9.78 Å². The van der Waals surface area contributed by atoms with Crippen LogP contribution in [0.3, 0.4) is 0 Å². The zero-order valence-corrected chi connectivity index (χ0v) is 6.66. The van der Waals surface area contributed by atoms with Crippen molar-refractivity contribution in [3.05, 3.63) is 0 Å². The Morgan fingerprint density at radius 1 is 1.78 bits per heavy atom. The van der Waals surface area contributed by atoms with Gasteiger partial charge in [0.1, 0.15) is 6.04 Å². The summed E-state index contributed by atoms with van der Waals surface area (Å²) in [6.45, 7) is 1.33. The Bertz CT molecular complexity index is 103. The fourth-order valence-electron chi connectivity index (χ4n) is 0.206. The van der Waals surface area contributed by atoms with Gasteiger partial charge in [0.05, 0.1) is 6.10 Å². The minimum Gasteiger partial charge on any atom is -1.00 e. The zero-order valence-electron chi connectivity index (χ0n) is 7.24. The molecule has 0 aliphatic heterocycles. The summed E-state index contributed by atoms with van der Waals surface area (Å²) < 4.78 is 0. The molecule has 2 atom stereocenters. The van der Waals surface area contributed by atoms with E-state index < -0.39 is 18.1 Å². The number of hydrogen-bond acceptors (Lipinski definition) is 3. The molecular weight excluding hydrogens is 134 g/mol. The van der Waals surface area contributed by atoms with Crippen LogP contribution in [0.5, 0.6) is 0 Å². The van der Waals surface area contributed by atoms with Gasteiger partial charge in [0.15, 0.2) is 0 Å². The molecular formula is C4H11MgNO3. The fraction of sp³-hybridized carbons (Fsp3) is 0.750. The molecule has 5 heteroatoms. The van der Waals surface area contributed by atoms with E-state index in [1.54, 1.807) is 0 Å². The van der Waals surface area contributed by atoms with Gasteiger partial charge in [0, 0.05) is 0 Å². The third-order valence-corrected chi connectivity index (χ3v) is 0.805. The van der Waals surface area contributed by atoms with E-state index in [0.29, 0.717) is 0 Å². The largest absolute Gasteiger partial charge is 2.00 e. The maximum absolute atomic E-state index is 9.86. The number of rotatable bonds is 2. The van der Waals surface area contributed by atoms with E-state index in [0.717, 1.165) is 0 Å². The van der Waals surface area contributed by atoms with Crippen LogP contribution in [0.4, 0.5) is 0 Å². The monoisotopic (exact) mass is 145 g/mol. The second-order valence-corrected chi connectivity index (χ2v) is 1.60. The molecule has 0 aromatic heterocycles. The third-order valence-electron chi connectivity index (χ3n) is 0.805. The number of carboxylic acids is 1. The molecule has 0 spiro atoms. The molecule has 0 saturated heterocycles. The van der Waals surface area contributed by atoms with E-state index in [9.17, 15) is 4.79 Å². The van der Waals surface area contributed by atoms with Crippen LogP contribution in [0, 0.1) is 0 Å². The van der Waals surface area contributed by atoms with Crippen LogP contribution >= 0.6 is 0 Å². The number of carbonyl (C=O) groups is 1. The van der Waals surface area contributed by atoms with Crippen molar-refractivity contribution in [3.63, 3.8) is 0 Å². The molecule has 0 aliphatic rings. The average molecular weight is 145 g/mol. The van der Waals surface area contributed by atoms with Crippen molar-refractivity contribution < 1.29 is 17.9 Å². The summed E-state index contributed by atoms with van der Waals surface area (Å²) in [6, 6.07) is -1.16. The van der Waals surface area contributed by atoms with Crippen LogP contribution in [0.15, 0.2) is 0 Å². The van der Waals surface area contributed by atoms with Gasteiger partial charge in [-0.15, -0.1) is 0 Å². The number of carboxylic acid groups (broad SMARTS) is 1. The maximum atomic E-state index is 9.86. The molecule has 0 aromatic rings. The second-order valence-electron chi connectivity index (χ2n) is 1.60. The molecule has 0 bridgehead atoms. The van der Waals surface area contributed by atoms with Gasteiger partial charge in [0.2, 0.25) is 0 Å². The second kappa shape index (κ2) is 4.98. The quantitative estimate of drug-likeness (QED) is 0.419. The zero-order chi connectivity index (χ0) is 6.73. The number of nitrogens with two attached hydrogens (primary N) is 1. The van der Waals surface area contributed by atoms with E-state index in [2.05, 4.69) is 0 Å². The molecule has 2 unspecified atom stereocenters. The van der Waals surface area contributed by atoms with Gasteiger partial charge in [-0.1, -0.05) is 0 Å². The molecule has 52 valence electrons. The molecule has 0 saturated carbocycles. The summed E-state index contributed by atoms with van der Waals surface area (Å²) in [5.41, 5.74) is 4.91. The van der Waals surface area contributed by atoms with Crippen molar-refractivity contribution in [2.75, 3.05) is 0 Å². The van der Waals surface area contributed by atoms with Crippen molar-refractivity contribution in [3.8, 4) is 0 Å². The fourth-order valence-corrected chi connectivity index (χ4v) is 0.206. The van der Waals surface area contributed by atoms with Gasteiger partial charge in [0.25, 0.3) is 0 Å². The number of aliphatic hydroxyl groups excluding tert-OH is 1. The van der Waals surface area contributed by atoms with E-state index in [4.69, 9.17) is 15.9 Å². The Labute approximate surface area is 72.2 Å². The smallest absolute Gasteiger partial charge is 1.00 e. The van der Waals surface area contributed by atoms with Gasteiger partial charge >= 0.3 is 29.0 Å². The molecule has 4 N–H and O–H groups in total. The van der Waals surface area contributed by atoms with Crippen LogP contribution in [-0.2, 0) is 4.79 Å². The first-order chi connectivity index (χ1) is 3.55. The molecule has 9 heavy (non-hydrogen) atoms. The number of aliphatic carboxylic acids is 1. The molecule has 0 amide bonds. The van der Waals surface area contributed by atoms with Crippen LogP contribution < -0.4 is 5.73 Å². The van der Waals surface area contributed by atoms with Crippen LogP contribution in [-0.4, -0.2) is 51.4 Å².